The summed E-state index contributed by atoms with van der Waals surface area (Å²) in [6, 6.07) is 19.8. The van der Waals surface area contributed by atoms with Gasteiger partial charge in [0.1, 0.15) is 12.6 Å². The fourth-order valence-electron chi connectivity index (χ4n) is 3.88. The number of sulfonamides is 1. The van der Waals surface area contributed by atoms with Crippen molar-refractivity contribution in [3.63, 3.8) is 0 Å². The van der Waals surface area contributed by atoms with E-state index in [-0.39, 0.29) is 23.4 Å². The molecule has 39 heavy (non-hydrogen) atoms. The van der Waals surface area contributed by atoms with Gasteiger partial charge in [-0.15, -0.1) is 0 Å². The lowest BCUT2D eigenvalue weighted by Gasteiger charge is -2.32. The number of carbonyl (C=O) groups excluding carboxylic acids is 2. The molecule has 0 bridgehead atoms. The summed E-state index contributed by atoms with van der Waals surface area (Å²) in [6.07, 6.45) is 0.740. The molecule has 3 aromatic rings. The minimum absolute atomic E-state index is 0.0668. The van der Waals surface area contributed by atoms with Crippen molar-refractivity contribution in [3.8, 4) is 0 Å². The van der Waals surface area contributed by atoms with E-state index in [9.17, 15) is 18.0 Å². The first-order valence-corrected chi connectivity index (χ1v) is 15.6. The maximum atomic E-state index is 14.0. The van der Waals surface area contributed by atoms with E-state index < -0.39 is 28.5 Å². The number of carbonyl (C=O) groups is 2. The van der Waals surface area contributed by atoms with Crippen LogP contribution in [0, 0.1) is 6.92 Å². The van der Waals surface area contributed by atoms with Gasteiger partial charge < -0.3 is 10.2 Å². The number of nitrogens with one attached hydrogen (secondary N) is 1. The summed E-state index contributed by atoms with van der Waals surface area (Å²) in [6.45, 7) is 7.04. The van der Waals surface area contributed by atoms with E-state index >= 15 is 0 Å². The molecule has 10 heteroatoms. The normalized spacial score (nSPS) is 12.9. The quantitative estimate of drug-likeness (QED) is 0.268. The lowest BCUT2D eigenvalue weighted by molar-refractivity contribution is -0.139. The number of halogens is 2. The highest BCUT2D eigenvalue weighted by Gasteiger charge is 2.32. The van der Waals surface area contributed by atoms with Crippen LogP contribution >= 0.6 is 31.9 Å². The average molecular weight is 679 g/mol. The molecule has 0 saturated carbocycles. The maximum Gasteiger partial charge on any atom is 0.264 e. The summed E-state index contributed by atoms with van der Waals surface area (Å²) >= 11 is 6.86. The molecule has 3 rings (SSSR count). The minimum Gasteiger partial charge on any atom is -0.352 e. The third kappa shape index (κ3) is 8.16. The van der Waals surface area contributed by atoms with E-state index in [0.717, 1.165) is 26.3 Å². The van der Waals surface area contributed by atoms with Gasteiger partial charge in [-0.1, -0.05) is 74.7 Å². The Bertz CT molecular complexity index is 1410. The van der Waals surface area contributed by atoms with Crippen LogP contribution < -0.4 is 9.62 Å². The molecule has 1 N–H and O–H groups in total. The van der Waals surface area contributed by atoms with Crippen LogP contribution in [0.25, 0.3) is 0 Å². The number of hydrogen-bond donors (Lipinski definition) is 1. The molecular weight excluding hydrogens is 646 g/mol. The summed E-state index contributed by atoms with van der Waals surface area (Å²) in [7, 11) is -4.11. The second-order valence-corrected chi connectivity index (χ2v) is 13.1. The van der Waals surface area contributed by atoms with Crippen molar-refractivity contribution in [1.29, 1.82) is 0 Å². The number of rotatable bonds is 11. The molecule has 2 atom stereocenters. The number of anilines is 1. The van der Waals surface area contributed by atoms with Gasteiger partial charge in [-0.2, -0.15) is 0 Å². The molecule has 0 spiro atoms. The zero-order valence-corrected chi connectivity index (χ0v) is 26.4. The lowest BCUT2D eigenvalue weighted by Crippen LogP contribution is -2.52. The number of hydrogen-bond acceptors (Lipinski definition) is 4. The smallest absolute Gasteiger partial charge is 0.264 e. The molecule has 0 aromatic heterocycles. The Morgan fingerprint density at radius 2 is 1.54 bits per heavy atom. The lowest BCUT2D eigenvalue weighted by atomic mass is 10.1. The summed E-state index contributed by atoms with van der Waals surface area (Å²) in [5.74, 6) is -0.805. The molecule has 0 fully saturated rings. The van der Waals surface area contributed by atoms with Gasteiger partial charge in [0, 0.05) is 21.5 Å². The van der Waals surface area contributed by atoms with E-state index in [1.54, 1.807) is 43.3 Å². The molecule has 3 aromatic carbocycles. The van der Waals surface area contributed by atoms with E-state index in [4.69, 9.17) is 0 Å². The molecule has 208 valence electrons. The second kappa shape index (κ2) is 13.6. The molecule has 7 nitrogen and oxygen atoms in total. The second-order valence-electron chi connectivity index (χ2n) is 9.45. The first kappa shape index (κ1) is 30.8. The van der Waals surface area contributed by atoms with Crippen LogP contribution in [0.1, 0.15) is 38.3 Å². The summed E-state index contributed by atoms with van der Waals surface area (Å²) in [4.78, 5) is 28.6. The van der Waals surface area contributed by atoms with Crippen molar-refractivity contribution in [2.24, 2.45) is 0 Å². The first-order chi connectivity index (χ1) is 18.4. The van der Waals surface area contributed by atoms with E-state index in [1.165, 1.54) is 17.0 Å². The Morgan fingerprint density at radius 3 is 2.13 bits per heavy atom. The monoisotopic (exact) mass is 677 g/mol. The summed E-state index contributed by atoms with van der Waals surface area (Å²) in [5.41, 5.74) is 2.05. The summed E-state index contributed by atoms with van der Waals surface area (Å²) < 4.78 is 30.3. The van der Waals surface area contributed by atoms with Crippen LogP contribution in [0.15, 0.2) is 86.6 Å². The SMILES string of the molecule is CC[C@@H](C)NC(=O)[C@@H](C)N(Cc1cccc(Br)c1)C(=O)CN(c1cccc(Br)c1)S(=O)(=O)c1ccc(C)cc1. The van der Waals surface area contributed by atoms with Crippen molar-refractivity contribution in [1.82, 2.24) is 10.2 Å². The van der Waals surface area contributed by atoms with Gasteiger partial charge in [-0.25, -0.2) is 8.42 Å². The van der Waals surface area contributed by atoms with E-state index in [0.29, 0.717) is 10.2 Å². The number of amides is 2. The Balaban J connectivity index is 2.03. The number of aryl methyl sites for hydroxylation is 1. The maximum absolute atomic E-state index is 14.0. The predicted molar refractivity (Wildman–Crippen MR) is 162 cm³/mol. The van der Waals surface area contributed by atoms with Crippen LogP contribution in [0.3, 0.4) is 0 Å². The standard InChI is InChI=1S/C29H33Br2N3O4S/c1-5-21(3)32-29(36)22(4)33(18-23-8-6-9-24(30)16-23)28(35)19-34(26-11-7-10-25(31)17-26)39(37,38)27-14-12-20(2)13-15-27/h6-17,21-22H,5,18-19H2,1-4H3,(H,32,36)/t21-,22-/m1/s1. The Hall–Kier alpha value is -2.69. The third-order valence-corrected chi connectivity index (χ3v) is 9.17. The Labute approximate surface area is 247 Å². The molecule has 0 radical (unpaired) electrons. The molecule has 0 unspecified atom stereocenters. The van der Waals surface area contributed by atoms with Gasteiger partial charge in [0.2, 0.25) is 11.8 Å². The first-order valence-electron chi connectivity index (χ1n) is 12.6. The van der Waals surface area contributed by atoms with Crippen LogP contribution in [0.2, 0.25) is 0 Å². The molecular formula is C29H33Br2N3O4S. The highest BCUT2D eigenvalue weighted by atomic mass is 79.9. The highest BCUT2D eigenvalue weighted by Crippen LogP contribution is 2.27. The van der Waals surface area contributed by atoms with Gasteiger partial charge >= 0.3 is 0 Å². The largest absolute Gasteiger partial charge is 0.352 e. The molecule has 0 heterocycles. The van der Waals surface area contributed by atoms with Gasteiger partial charge in [0.15, 0.2) is 0 Å². The highest BCUT2D eigenvalue weighted by molar-refractivity contribution is 9.10. The zero-order valence-electron chi connectivity index (χ0n) is 22.4. The number of nitrogens with zero attached hydrogens (tertiary/aromatic N) is 2. The van der Waals surface area contributed by atoms with Crippen molar-refractivity contribution in [2.75, 3.05) is 10.8 Å². The molecule has 0 saturated heterocycles. The molecule has 0 aliphatic heterocycles. The Kier molecular flexibility index (Phi) is 10.7. The fraction of sp³-hybridized carbons (Fsp3) is 0.310. The van der Waals surface area contributed by atoms with Crippen molar-refractivity contribution >= 4 is 59.4 Å². The predicted octanol–water partition coefficient (Wildman–Crippen LogP) is 6.05. The fourth-order valence-corrected chi connectivity index (χ4v) is 6.12. The minimum atomic E-state index is -4.11. The Morgan fingerprint density at radius 1 is 0.923 bits per heavy atom. The average Bonchev–Trinajstić information content (AvgIpc) is 2.89. The van der Waals surface area contributed by atoms with Crippen molar-refractivity contribution < 1.29 is 18.0 Å². The van der Waals surface area contributed by atoms with Crippen LogP contribution in [0.5, 0.6) is 0 Å². The van der Waals surface area contributed by atoms with Crippen LogP contribution in [-0.2, 0) is 26.2 Å². The topological polar surface area (TPSA) is 86.8 Å². The molecule has 0 aliphatic rings. The van der Waals surface area contributed by atoms with Crippen LogP contribution in [-0.4, -0.2) is 43.8 Å². The molecule has 0 aliphatic carbocycles. The van der Waals surface area contributed by atoms with E-state index in [1.807, 2.05) is 45.0 Å². The van der Waals surface area contributed by atoms with Crippen LogP contribution in [0.4, 0.5) is 5.69 Å². The van der Waals surface area contributed by atoms with Crippen molar-refractivity contribution in [3.05, 3.63) is 92.9 Å². The summed E-state index contributed by atoms with van der Waals surface area (Å²) in [5, 5.41) is 2.94. The van der Waals surface area contributed by atoms with Gasteiger partial charge in [0.05, 0.1) is 10.6 Å². The van der Waals surface area contributed by atoms with Gasteiger partial charge in [-0.05, 0) is 75.2 Å². The zero-order chi connectivity index (χ0) is 28.7. The molecule has 2 amide bonds. The third-order valence-electron chi connectivity index (χ3n) is 6.39. The van der Waals surface area contributed by atoms with E-state index in [2.05, 4.69) is 37.2 Å². The van der Waals surface area contributed by atoms with Gasteiger partial charge in [-0.3, -0.25) is 13.9 Å². The van der Waals surface area contributed by atoms with Crippen molar-refractivity contribution in [2.45, 2.75) is 57.6 Å². The van der Waals surface area contributed by atoms with Gasteiger partial charge in [0.25, 0.3) is 10.0 Å². The number of benzene rings is 3.